The number of rotatable bonds is 2. The summed E-state index contributed by atoms with van der Waals surface area (Å²) in [6, 6.07) is 0.0480. The molecule has 2 fully saturated rings. The molecular formula is C13H25ClN2O2. The fourth-order valence-electron chi connectivity index (χ4n) is 2.89. The van der Waals surface area contributed by atoms with E-state index in [-0.39, 0.29) is 30.5 Å². The van der Waals surface area contributed by atoms with Gasteiger partial charge in [0, 0.05) is 13.1 Å². The maximum absolute atomic E-state index is 12.2. The van der Waals surface area contributed by atoms with Crippen LogP contribution >= 0.6 is 12.4 Å². The maximum Gasteiger partial charge on any atom is 0.239 e. The Morgan fingerprint density at radius 3 is 2.44 bits per heavy atom. The number of hydrogen-bond acceptors (Lipinski definition) is 3. The average Bonchev–Trinajstić information content (AvgIpc) is 2.39. The molecule has 0 aliphatic carbocycles. The monoisotopic (exact) mass is 276 g/mol. The summed E-state index contributed by atoms with van der Waals surface area (Å²) in [6.07, 6.45) is 4.98. The second-order valence-corrected chi connectivity index (χ2v) is 5.41. The van der Waals surface area contributed by atoms with Crippen LogP contribution in [0.5, 0.6) is 0 Å². The molecule has 0 aromatic rings. The summed E-state index contributed by atoms with van der Waals surface area (Å²) in [5.41, 5.74) is 0. The Morgan fingerprint density at radius 2 is 1.94 bits per heavy atom. The van der Waals surface area contributed by atoms with E-state index < -0.39 is 0 Å². The molecule has 2 aliphatic heterocycles. The summed E-state index contributed by atoms with van der Waals surface area (Å²) in [4.78, 5) is 14.2. The first-order valence-corrected chi connectivity index (χ1v) is 6.88. The number of carbonyl (C=O) groups is 1. The van der Waals surface area contributed by atoms with Crippen LogP contribution in [0.4, 0.5) is 0 Å². The fraction of sp³-hybridized carbons (Fsp3) is 0.923. The van der Waals surface area contributed by atoms with Crippen molar-refractivity contribution in [3.8, 4) is 0 Å². The molecule has 0 aromatic carbocycles. The fourth-order valence-corrected chi connectivity index (χ4v) is 2.89. The largest absolute Gasteiger partial charge is 0.393 e. The summed E-state index contributed by atoms with van der Waals surface area (Å²) in [5, 5.41) is 12.8. The number of nitrogens with zero attached hydrogens (tertiary/aromatic N) is 1. The van der Waals surface area contributed by atoms with Gasteiger partial charge in [0.25, 0.3) is 0 Å². The molecule has 2 rings (SSSR count). The molecule has 5 heteroatoms. The van der Waals surface area contributed by atoms with Crippen molar-refractivity contribution >= 4 is 18.3 Å². The van der Waals surface area contributed by atoms with Crippen molar-refractivity contribution in [2.24, 2.45) is 5.92 Å². The molecule has 1 unspecified atom stereocenters. The van der Waals surface area contributed by atoms with Crippen LogP contribution in [0.3, 0.4) is 0 Å². The molecule has 18 heavy (non-hydrogen) atoms. The number of carbonyl (C=O) groups excluding carboxylic acids is 1. The second kappa shape index (κ2) is 7.31. The van der Waals surface area contributed by atoms with Gasteiger partial charge in [-0.3, -0.25) is 4.79 Å². The molecule has 0 spiro atoms. The third-order valence-corrected chi connectivity index (χ3v) is 4.14. The van der Waals surface area contributed by atoms with E-state index >= 15 is 0 Å². The normalized spacial score (nSPS) is 27.4. The third kappa shape index (κ3) is 3.84. The number of amides is 1. The molecule has 0 bridgehead atoms. The molecule has 4 nitrogen and oxygen atoms in total. The molecule has 0 radical (unpaired) electrons. The van der Waals surface area contributed by atoms with Crippen LogP contribution < -0.4 is 5.32 Å². The topological polar surface area (TPSA) is 52.6 Å². The Kier molecular flexibility index (Phi) is 6.39. The molecule has 2 N–H and O–H groups in total. The lowest BCUT2D eigenvalue weighted by molar-refractivity contribution is -0.136. The van der Waals surface area contributed by atoms with Crippen LogP contribution in [-0.2, 0) is 4.79 Å². The number of hydrogen-bond donors (Lipinski definition) is 2. The van der Waals surface area contributed by atoms with Crippen LogP contribution in [0.1, 0.15) is 39.0 Å². The number of aliphatic hydroxyl groups is 1. The zero-order chi connectivity index (χ0) is 12.3. The number of nitrogens with one attached hydrogen (secondary N) is 1. The van der Waals surface area contributed by atoms with Gasteiger partial charge in [-0.15, -0.1) is 12.4 Å². The van der Waals surface area contributed by atoms with Gasteiger partial charge in [-0.2, -0.15) is 0 Å². The van der Waals surface area contributed by atoms with Crippen molar-refractivity contribution in [2.75, 3.05) is 19.6 Å². The first-order chi connectivity index (χ1) is 8.18. The van der Waals surface area contributed by atoms with Gasteiger partial charge in [-0.05, 0) is 45.1 Å². The Morgan fingerprint density at radius 1 is 1.28 bits per heavy atom. The van der Waals surface area contributed by atoms with Crippen molar-refractivity contribution in [1.82, 2.24) is 10.2 Å². The molecule has 1 amide bonds. The maximum atomic E-state index is 12.2. The number of aliphatic hydroxyl groups excluding tert-OH is 1. The lowest BCUT2D eigenvalue weighted by Crippen LogP contribution is -2.51. The van der Waals surface area contributed by atoms with Gasteiger partial charge in [0.2, 0.25) is 5.91 Å². The van der Waals surface area contributed by atoms with Gasteiger partial charge >= 0.3 is 0 Å². The van der Waals surface area contributed by atoms with E-state index in [0.717, 1.165) is 45.3 Å². The predicted octanol–water partition coefficient (Wildman–Crippen LogP) is 1.17. The van der Waals surface area contributed by atoms with Gasteiger partial charge in [0.1, 0.15) is 0 Å². The Balaban J connectivity index is 0.00000162. The van der Waals surface area contributed by atoms with Gasteiger partial charge in [-0.1, -0.05) is 6.42 Å². The van der Waals surface area contributed by atoms with Crippen LogP contribution in [0.25, 0.3) is 0 Å². The van der Waals surface area contributed by atoms with E-state index in [4.69, 9.17) is 0 Å². The van der Waals surface area contributed by atoms with Crippen LogP contribution in [-0.4, -0.2) is 47.7 Å². The lowest BCUT2D eigenvalue weighted by Gasteiger charge is -2.36. The van der Waals surface area contributed by atoms with Gasteiger partial charge in [0.15, 0.2) is 0 Å². The summed E-state index contributed by atoms with van der Waals surface area (Å²) in [5.74, 6) is 0.645. The molecule has 2 atom stereocenters. The predicted molar refractivity (Wildman–Crippen MR) is 73.9 cm³/mol. The lowest BCUT2D eigenvalue weighted by atomic mass is 9.91. The Bertz CT molecular complexity index is 260. The average molecular weight is 277 g/mol. The molecule has 2 aliphatic rings. The highest BCUT2D eigenvalue weighted by atomic mass is 35.5. The summed E-state index contributed by atoms with van der Waals surface area (Å²) >= 11 is 0. The van der Waals surface area contributed by atoms with Crippen molar-refractivity contribution in [3.63, 3.8) is 0 Å². The van der Waals surface area contributed by atoms with Crippen LogP contribution in [0.2, 0.25) is 0 Å². The van der Waals surface area contributed by atoms with Gasteiger partial charge in [-0.25, -0.2) is 0 Å². The zero-order valence-corrected chi connectivity index (χ0v) is 11.9. The first-order valence-electron chi connectivity index (χ1n) is 6.88. The minimum atomic E-state index is -0.236. The van der Waals surface area contributed by atoms with E-state index in [0.29, 0.717) is 5.92 Å². The van der Waals surface area contributed by atoms with Crippen molar-refractivity contribution in [2.45, 2.75) is 51.2 Å². The third-order valence-electron chi connectivity index (χ3n) is 4.14. The van der Waals surface area contributed by atoms with E-state index in [1.807, 2.05) is 11.8 Å². The number of piperidine rings is 2. The summed E-state index contributed by atoms with van der Waals surface area (Å²) < 4.78 is 0. The van der Waals surface area contributed by atoms with Gasteiger partial charge in [0.05, 0.1) is 12.1 Å². The highest BCUT2D eigenvalue weighted by Gasteiger charge is 2.29. The highest BCUT2D eigenvalue weighted by molar-refractivity contribution is 5.85. The number of likely N-dealkylation sites (tertiary alicyclic amines) is 1. The molecule has 0 saturated carbocycles. The van der Waals surface area contributed by atoms with Crippen molar-refractivity contribution in [3.05, 3.63) is 0 Å². The van der Waals surface area contributed by atoms with Crippen LogP contribution in [0.15, 0.2) is 0 Å². The molecular weight excluding hydrogens is 252 g/mol. The minimum absolute atomic E-state index is 0. The van der Waals surface area contributed by atoms with Gasteiger partial charge < -0.3 is 15.3 Å². The zero-order valence-electron chi connectivity index (χ0n) is 11.1. The minimum Gasteiger partial charge on any atom is -0.393 e. The SMILES string of the molecule is CC(O)C1CCN(C(=O)[C@@H]2CCCCN2)CC1.Cl. The quantitative estimate of drug-likeness (QED) is 0.796. The second-order valence-electron chi connectivity index (χ2n) is 5.41. The first kappa shape index (κ1) is 15.7. The standard InChI is InChI=1S/C13H24N2O2.ClH/c1-10(16)11-5-8-15(9-6-11)13(17)12-4-2-3-7-14-12;/h10-12,14,16H,2-9H2,1H3;1H/t10?,12-;/m0./s1. The molecule has 2 saturated heterocycles. The molecule has 106 valence electrons. The van der Waals surface area contributed by atoms with E-state index in [1.54, 1.807) is 0 Å². The Labute approximate surface area is 116 Å². The van der Waals surface area contributed by atoms with Crippen molar-refractivity contribution < 1.29 is 9.90 Å². The van der Waals surface area contributed by atoms with E-state index in [9.17, 15) is 9.90 Å². The molecule has 0 aromatic heterocycles. The van der Waals surface area contributed by atoms with Crippen LogP contribution in [0, 0.1) is 5.92 Å². The van der Waals surface area contributed by atoms with E-state index in [2.05, 4.69) is 5.32 Å². The number of halogens is 1. The highest BCUT2D eigenvalue weighted by Crippen LogP contribution is 2.21. The summed E-state index contributed by atoms with van der Waals surface area (Å²) in [6.45, 7) is 4.45. The summed E-state index contributed by atoms with van der Waals surface area (Å²) in [7, 11) is 0. The van der Waals surface area contributed by atoms with E-state index in [1.165, 1.54) is 6.42 Å². The molecule has 2 heterocycles. The smallest absolute Gasteiger partial charge is 0.239 e. The van der Waals surface area contributed by atoms with Crippen molar-refractivity contribution in [1.29, 1.82) is 0 Å². The Hall–Kier alpha value is -0.320.